The topological polar surface area (TPSA) is 73.9 Å². The number of benzene rings is 3. The van der Waals surface area contributed by atoms with Gasteiger partial charge in [0.15, 0.2) is 0 Å². The van der Waals surface area contributed by atoms with Gasteiger partial charge < -0.3 is 19.5 Å². The third-order valence-electron chi connectivity index (χ3n) is 4.48. The predicted molar refractivity (Wildman–Crippen MR) is 114 cm³/mol. The Morgan fingerprint density at radius 3 is 2.33 bits per heavy atom. The molecule has 0 aliphatic carbocycles. The van der Waals surface area contributed by atoms with Crippen LogP contribution in [0.3, 0.4) is 0 Å². The number of carbonyl (C=O) groups excluding carboxylic acids is 2. The van der Waals surface area contributed by atoms with Crippen molar-refractivity contribution in [2.24, 2.45) is 0 Å². The van der Waals surface area contributed by atoms with E-state index in [1.807, 2.05) is 19.1 Å². The van der Waals surface area contributed by atoms with Gasteiger partial charge in [-0.25, -0.2) is 4.79 Å². The number of nitrogens with one attached hydrogen (secondary N) is 1. The zero-order valence-electron chi connectivity index (χ0n) is 17.0. The lowest BCUT2D eigenvalue weighted by Crippen LogP contribution is -2.26. The number of methoxy groups -OCH3 is 2. The van der Waals surface area contributed by atoms with Crippen LogP contribution < -0.4 is 14.8 Å². The summed E-state index contributed by atoms with van der Waals surface area (Å²) in [6.45, 7) is 1.91. The maximum absolute atomic E-state index is 13.1. The van der Waals surface area contributed by atoms with E-state index in [1.165, 1.54) is 14.2 Å². The van der Waals surface area contributed by atoms with Crippen molar-refractivity contribution in [3.05, 3.63) is 89.5 Å². The predicted octanol–water partition coefficient (Wildman–Crippen LogP) is 4.55. The highest BCUT2D eigenvalue weighted by atomic mass is 16.5. The molecular formula is C24H23NO5. The standard InChI is InChI=1S/C24H23NO5/c1-16-12-13-21(29-3)20(14-16)25-23(26)22(17-8-5-4-6-9-17)30-24(27)18-10-7-11-19(15-18)28-2/h4-15,22H,1-3H3,(H,25,26)/t22-/m0/s1. The monoisotopic (exact) mass is 405 g/mol. The van der Waals surface area contributed by atoms with Crippen LogP contribution in [0.4, 0.5) is 5.69 Å². The molecule has 6 nitrogen and oxygen atoms in total. The molecule has 30 heavy (non-hydrogen) atoms. The molecule has 0 spiro atoms. The van der Waals surface area contributed by atoms with Crippen LogP contribution >= 0.6 is 0 Å². The lowest BCUT2D eigenvalue weighted by atomic mass is 10.1. The number of hydrogen-bond donors (Lipinski definition) is 1. The molecule has 0 aliphatic rings. The molecular weight excluding hydrogens is 382 g/mol. The summed E-state index contributed by atoms with van der Waals surface area (Å²) in [4.78, 5) is 25.9. The summed E-state index contributed by atoms with van der Waals surface area (Å²) in [6.07, 6.45) is -1.14. The van der Waals surface area contributed by atoms with Crippen molar-refractivity contribution in [1.82, 2.24) is 0 Å². The number of anilines is 1. The Hall–Kier alpha value is -3.80. The largest absolute Gasteiger partial charge is 0.497 e. The first-order valence-corrected chi connectivity index (χ1v) is 9.37. The second-order valence-corrected chi connectivity index (χ2v) is 6.62. The van der Waals surface area contributed by atoms with E-state index in [0.717, 1.165) is 5.56 Å². The quantitative estimate of drug-likeness (QED) is 0.584. The molecule has 3 aromatic rings. The van der Waals surface area contributed by atoms with Crippen LogP contribution in [0.5, 0.6) is 11.5 Å². The van der Waals surface area contributed by atoms with Crippen molar-refractivity contribution in [2.45, 2.75) is 13.0 Å². The van der Waals surface area contributed by atoms with Gasteiger partial charge in [-0.05, 0) is 42.8 Å². The molecule has 3 aromatic carbocycles. The van der Waals surface area contributed by atoms with Crippen LogP contribution in [0.15, 0.2) is 72.8 Å². The highest BCUT2D eigenvalue weighted by Gasteiger charge is 2.26. The Morgan fingerprint density at radius 1 is 0.867 bits per heavy atom. The van der Waals surface area contributed by atoms with Crippen molar-refractivity contribution in [3.63, 3.8) is 0 Å². The van der Waals surface area contributed by atoms with Gasteiger partial charge in [-0.15, -0.1) is 0 Å². The Labute approximate surface area is 175 Å². The number of amides is 1. The van der Waals surface area contributed by atoms with Gasteiger partial charge in [0.1, 0.15) is 11.5 Å². The molecule has 1 atom stereocenters. The second kappa shape index (κ2) is 9.60. The minimum absolute atomic E-state index is 0.288. The summed E-state index contributed by atoms with van der Waals surface area (Å²) >= 11 is 0. The minimum Gasteiger partial charge on any atom is -0.497 e. The second-order valence-electron chi connectivity index (χ2n) is 6.62. The van der Waals surface area contributed by atoms with E-state index in [1.54, 1.807) is 60.7 Å². The van der Waals surface area contributed by atoms with Crippen LogP contribution in [0, 0.1) is 6.92 Å². The number of esters is 1. The highest BCUT2D eigenvalue weighted by Crippen LogP contribution is 2.28. The molecule has 3 rings (SSSR count). The summed E-state index contributed by atoms with van der Waals surface area (Å²) in [5, 5.41) is 2.81. The summed E-state index contributed by atoms with van der Waals surface area (Å²) in [5.74, 6) is -0.0787. The van der Waals surface area contributed by atoms with Gasteiger partial charge in [-0.2, -0.15) is 0 Å². The van der Waals surface area contributed by atoms with E-state index in [2.05, 4.69) is 5.32 Å². The van der Waals surface area contributed by atoms with Crippen molar-refractivity contribution in [3.8, 4) is 11.5 Å². The lowest BCUT2D eigenvalue weighted by molar-refractivity contribution is -0.125. The van der Waals surface area contributed by atoms with E-state index in [9.17, 15) is 9.59 Å². The number of hydrogen-bond acceptors (Lipinski definition) is 5. The van der Waals surface area contributed by atoms with E-state index in [-0.39, 0.29) is 5.56 Å². The molecule has 0 unspecified atom stereocenters. The van der Waals surface area contributed by atoms with E-state index >= 15 is 0 Å². The molecule has 1 amide bonds. The molecule has 0 heterocycles. The van der Waals surface area contributed by atoms with Crippen molar-refractivity contribution < 1.29 is 23.8 Å². The van der Waals surface area contributed by atoms with Crippen LogP contribution in [0.1, 0.15) is 27.6 Å². The summed E-state index contributed by atoms with van der Waals surface area (Å²) < 4.78 is 16.1. The van der Waals surface area contributed by atoms with Gasteiger partial charge in [-0.1, -0.05) is 42.5 Å². The first-order valence-electron chi connectivity index (χ1n) is 9.37. The third-order valence-corrected chi connectivity index (χ3v) is 4.48. The Morgan fingerprint density at radius 2 is 1.63 bits per heavy atom. The van der Waals surface area contributed by atoms with Crippen molar-refractivity contribution in [1.29, 1.82) is 0 Å². The lowest BCUT2D eigenvalue weighted by Gasteiger charge is -2.19. The van der Waals surface area contributed by atoms with Crippen LogP contribution in [0.25, 0.3) is 0 Å². The fourth-order valence-corrected chi connectivity index (χ4v) is 2.94. The molecule has 0 radical (unpaired) electrons. The highest BCUT2D eigenvalue weighted by molar-refractivity contribution is 5.99. The Balaban J connectivity index is 1.88. The molecule has 0 aromatic heterocycles. The molecule has 6 heteroatoms. The van der Waals surface area contributed by atoms with E-state index in [4.69, 9.17) is 14.2 Å². The fourth-order valence-electron chi connectivity index (χ4n) is 2.94. The third kappa shape index (κ3) is 4.97. The molecule has 0 bridgehead atoms. The van der Waals surface area contributed by atoms with Crippen molar-refractivity contribution in [2.75, 3.05) is 19.5 Å². The summed E-state index contributed by atoms with van der Waals surface area (Å²) in [7, 11) is 3.04. The molecule has 0 fully saturated rings. The first-order chi connectivity index (χ1) is 14.5. The average Bonchev–Trinajstić information content (AvgIpc) is 2.78. The smallest absolute Gasteiger partial charge is 0.339 e. The Kier molecular flexibility index (Phi) is 6.70. The van der Waals surface area contributed by atoms with Gasteiger partial charge in [-0.3, -0.25) is 4.79 Å². The zero-order chi connectivity index (χ0) is 21.5. The SMILES string of the molecule is COc1cccc(C(=O)O[C@H](C(=O)Nc2cc(C)ccc2OC)c2ccccc2)c1. The number of rotatable bonds is 7. The van der Waals surface area contributed by atoms with Gasteiger partial charge in [0.05, 0.1) is 25.5 Å². The first kappa shape index (κ1) is 20.9. The fraction of sp³-hybridized carbons (Fsp3) is 0.167. The van der Waals surface area contributed by atoms with Crippen LogP contribution in [0.2, 0.25) is 0 Å². The molecule has 0 saturated carbocycles. The maximum Gasteiger partial charge on any atom is 0.339 e. The zero-order valence-corrected chi connectivity index (χ0v) is 17.0. The van der Waals surface area contributed by atoms with Gasteiger partial charge in [0.2, 0.25) is 6.10 Å². The van der Waals surface area contributed by atoms with Gasteiger partial charge in [0.25, 0.3) is 5.91 Å². The number of carbonyl (C=O) groups is 2. The van der Waals surface area contributed by atoms with Crippen LogP contribution in [-0.4, -0.2) is 26.1 Å². The molecule has 0 aliphatic heterocycles. The molecule has 0 saturated heterocycles. The van der Waals surface area contributed by atoms with Gasteiger partial charge >= 0.3 is 5.97 Å². The molecule has 1 N–H and O–H groups in total. The summed E-state index contributed by atoms with van der Waals surface area (Å²) in [6, 6.07) is 20.9. The minimum atomic E-state index is -1.14. The molecule has 154 valence electrons. The van der Waals surface area contributed by atoms with E-state index in [0.29, 0.717) is 22.7 Å². The maximum atomic E-state index is 13.1. The van der Waals surface area contributed by atoms with Gasteiger partial charge in [0, 0.05) is 5.56 Å². The average molecular weight is 405 g/mol. The van der Waals surface area contributed by atoms with E-state index < -0.39 is 18.0 Å². The number of ether oxygens (including phenoxy) is 3. The number of aryl methyl sites for hydroxylation is 1. The van der Waals surface area contributed by atoms with Crippen LogP contribution in [-0.2, 0) is 9.53 Å². The van der Waals surface area contributed by atoms with Crippen molar-refractivity contribution >= 4 is 17.6 Å². The Bertz CT molecular complexity index is 1030. The normalized spacial score (nSPS) is 11.3. The summed E-state index contributed by atoms with van der Waals surface area (Å²) in [5.41, 5.74) is 2.30.